The number of Topliss-reactive ketones (excluding diaryl/α,β-unsaturated/α-hetero) is 1. The Labute approximate surface area is 354 Å². The Morgan fingerprint density at radius 3 is 2.27 bits per heavy atom. The third-order valence-electron chi connectivity index (χ3n) is 11.7. The Morgan fingerprint density at radius 2 is 1.62 bits per heavy atom. The first-order chi connectivity index (χ1) is 28.2. The van der Waals surface area contributed by atoms with Crippen LogP contribution in [-0.4, -0.2) is 80.5 Å². The lowest BCUT2D eigenvalue weighted by Gasteiger charge is -2.38. The van der Waals surface area contributed by atoms with Crippen molar-refractivity contribution in [2.75, 3.05) is 12.4 Å². The van der Waals surface area contributed by atoms with Crippen molar-refractivity contribution in [3.63, 3.8) is 0 Å². The number of carbonyl (C=O) groups excluding carboxylic acids is 3. The number of aromatic hydroxyl groups is 3. The lowest BCUT2D eigenvalue weighted by molar-refractivity contribution is -0.160. The van der Waals surface area contributed by atoms with Crippen LogP contribution in [0.1, 0.15) is 75.5 Å². The molecule has 0 radical (unpaired) electrons. The number of hydrogen-bond donors (Lipinski definition) is 7. The van der Waals surface area contributed by atoms with E-state index in [0.29, 0.717) is 5.02 Å². The number of methoxy groups -OCH3 is 1. The van der Waals surface area contributed by atoms with Gasteiger partial charge in [0, 0.05) is 84.8 Å². The standard InChI is InChI=1S/C45H55ClN2O12/c1-21-13-12-14-22(2)44(56)48-35-29(20-47-19-28-15-10-11-16-30(28)46)39(53)32-33(40(35)54)38(52)26(6)42-34(32)43(55)45(8,60-42)58-18-17-31(57-9)23(3)41(59-27(7)49)25(5)37(51)24(4)36(21)50/h10-18,21,23-25,31,36-37,41,47,50-54H,19-20H2,1-9H3,(H,48,56)/b13-12-,18-17?,22-14-/t21-,23+,24+,25+,31-,36-,37+,41+,45-/m0/s1. The van der Waals surface area contributed by atoms with E-state index in [4.69, 9.17) is 30.5 Å². The molecule has 3 aromatic rings. The summed E-state index contributed by atoms with van der Waals surface area (Å²) in [5.41, 5.74) is 0.542. The summed E-state index contributed by atoms with van der Waals surface area (Å²) in [6.07, 6.45) is 3.53. The summed E-state index contributed by atoms with van der Waals surface area (Å²) in [7, 11) is 1.43. The molecule has 0 unspecified atom stereocenters. The number of allylic oxidation sites excluding steroid dienone is 2. The second-order valence-corrected chi connectivity index (χ2v) is 16.3. The zero-order valence-corrected chi connectivity index (χ0v) is 36.0. The molecule has 0 aliphatic carbocycles. The number of amides is 1. The zero-order chi connectivity index (χ0) is 44.4. The van der Waals surface area contributed by atoms with Crippen LogP contribution in [0.2, 0.25) is 5.02 Å². The number of nitrogens with one attached hydrogen (secondary N) is 2. The van der Waals surface area contributed by atoms with Crippen molar-refractivity contribution in [1.82, 2.24) is 5.32 Å². The number of benzene rings is 3. The zero-order valence-electron chi connectivity index (χ0n) is 35.2. The molecule has 0 fully saturated rings. The molecule has 0 aromatic heterocycles. The minimum absolute atomic E-state index is 0.0105. The van der Waals surface area contributed by atoms with Crippen LogP contribution >= 0.6 is 11.6 Å². The maximum Gasteiger partial charge on any atom is 0.312 e. The van der Waals surface area contributed by atoms with Crippen molar-refractivity contribution in [2.24, 2.45) is 23.7 Å². The van der Waals surface area contributed by atoms with E-state index in [1.165, 1.54) is 53.2 Å². The maximum atomic E-state index is 14.4. The number of ketones is 1. The van der Waals surface area contributed by atoms with E-state index in [2.05, 4.69) is 10.6 Å². The van der Waals surface area contributed by atoms with E-state index in [-0.39, 0.29) is 57.6 Å². The lowest BCUT2D eigenvalue weighted by Crippen LogP contribution is -2.46. The highest BCUT2D eigenvalue weighted by Gasteiger charge is 2.50. The Morgan fingerprint density at radius 1 is 0.933 bits per heavy atom. The molecule has 60 heavy (non-hydrogen) atoms. The first kappa shape index (κ1) is 46.0. The highest BCUT2D eigenvalue weighted by molar-refractivity contribution is 6.31. The van der Waals surface area contributed by atoms with E-state index in [1.54, 1.807) is 58.0 Å². The predicted octanol–water partition coefficient (Wildman–Crippen LogP) is 6.70. The first-order valence-electron chi connectivity index (χ1n) is 19.8. The number of aliphatic hydroxyl groups excluding tert-OH is 2. The van der Waals surface area contributed by atoms with E-state index in [1.807, 2.05) is 6.07 Å². The van der Waals surface area contributed by atoms with Crippen LogP contribution in [0.4, 0.5) is 5.69 Å². The van der Waals surface area contributed by atoms with Gasteiger partial charge in [-0.3, -0.25) is 14.4 Å². The number of halogens is 1. The van der Waals surface area contributed by atoms with Gasteiger partial charge < -0.3 is 55.1 Å². The fourth-order valence-electron chi connectivity index (χ4n) is 7.92. The van der Waals surface area contributed by atoms with Crippen molar-refractivity contribution in [1.29, 1.82) is 0 Å². The molecule has 0 saturated carbocycles. The van der Waals surface area contributed by atoms with Crippen molar-refractivity contribution in [2.45, 2.75) is 98.7 Å². The van der Waals surface area contributed by atoms with Gasteiger partial charge in [0.2, 0.25) is 0 Å². The van der Waals surface area contributed by atoms with Crippen molar-refractivity contribution >= 4 is 45.7 Å². The smallest absolute Gasteiger partial charge is 0.312 e. The molecule has 7 N–H and O–H groups in total. The number of esters is 1. The summed E-state index contributed by atoms with van der Waals surface area (Å²) in [5, 5.41) is 64.3. The number of carbonyl (C=O) groups is 3. The normalized spacial score (nSPS) is 29.1. The second kappa shape index (κ2) is 18.7. The van der Waals surface area contributed by atoms with Gasteiger partial charge >= 0.3 is 11.8 Å². The number of hydrogen-bond acceptors (Lipinski definition) is 13. The lowest BCUT2D eigenvalue weighted by atomic mass is 9.78. The summed E-state index contributed by atoms with van der Waals surface area (Å²) in [4.78, 5) is 40.5. The molecule has 0 saturated heterocycles. The minimum Gasteiger partial charge on any atom is -0.507 e. The van der Waals surface area contributed by atoms with Crippen LogP contribution in [0.25, 0.3) is 10.8 Å². The van der Waals surface area contributed by atoms with Gasteiger partial charge in [-0.15, -0.1) is 0 Å². The number of fused-ring (bicyclic) bond motifs is 14. The summed E-state index contributed by atoms with van der Waals surface area (Å²) in [6.45, 7) is 12.6. The average Bonchev–Trinajstić information content (AvgIpc) is 3.47. The quantitative estimate of drug-likeness (QED) is 0.0783. The van der Waals surface area contributed by atoms with Gasteiger partial charge in [-0.1, -0.05) is 75.7 Å². The van der Waals surface area contributed by atoms with Crippen LogP contribution in [0.3, 0.4) is 0 Å². The topological polar surface area (TPSA) is 213 Å². The van der Waals surface area contributed by atoms with Gasteiger partial charge in [-0.2, -0.15) is 0 Å². The molecule has 3 aliphatic heterocycles. The average molecular weight is 851 g/mol. The predicted molar refractivity (Wildman–Crippen MR) is 226 cm³/mol. The fraction of sp³-hybridized carbons (Fsp3) is 0.444. The Bertz CT molecular complexity index is 2240. The molecule has 324 valence electrons. The van der Waals surface area contributed by atoms with Gasteiger partial charge in [0.1, 0.15) is 23.4 Å². The second-order valence-electron chi connectivity index (χ2n) is 15.9. The van der Waals surface area contributed by atoms with Crippen molar-refractivity contribution in [3.8, 4) is 23.0 Å². The van der Waals surface area contributed by atoms with E-state index >= 15 is 0 Å². The van der Waals surface area contributed by atoms with Gasteiger partial charge in [0.25, 0.3) is 11.7 Å². The highest BCUT2D eigenvalue weighted by atomic mass is 35.5. The molecule has 3 heterocycles. The van der Waals surface area contributed by atoms with E-state index in [0.717, 1.165) is 5.56 Å². The fourth-order valence-corrected chi connectivity index (χ4v) is 8.13. The molecule has 3 aliphatic rings. The molecular formula is C45H55ClN2O12. The number of aliphatic hydroxyl groups is 2. The number of rotatable bonds is 6. The number of phenols is 3. The molecule has 3 aromatic carbocycles. The first-order valence-corrected chi connectivity index (χ1v) is 20.1. The number of phenolic OH excluding ortho intramolecular Hbond substituents is 3. The molecule has 0 spiro atoms. The van der Waals surface area contributed by atoms with Crippen LogP contribution in [0.5, 0.6) is 23.0 Å². The Balaban J connectivity index is 1.69. The monoisotopic (exact) mass is 850 g/mol. The van der Waals surface area contributed by atoms with Crippen molar-refractivity contribution in [3.05, 3.63) is 87.7 Å². The highest BCUT2D eigenvalue weighted by Crippen LogP contribution is 2.55. The van der Waals surface area contributed by atoms with Crippen LogP contribution in [0.15, 0.2) is 60.4 Å². The largest absolute Gasteiger partial charge is 0.507 e. The summed E-state index contributed by atoms with van der Waals surface area (Å²) < 4.78 is 23.6. The van der Waals surface area contributed by atoms with Crippen LogP contribution in [0, 0.1) is 30.6 Å². The number of anilines is 1. The summed E-state index contributed by atoms with van der Waals surface area (Å²) in [5.74, 6) is -8.32. The molecule has 14 nitrogen and oxygen atoms in total. The van der Waals surface area contributed by atoms with Crippen LogP contribution < -0.4 is 15.4 Å². The minimum atomic E-state index is -2.05. The number of ether oxygens (including phenoxy) is 4. The molecule has 15 heteroatoms. The molecule has 6 rings (SSSR count). The third kappa shape index (κ3) is 8.98. The molecular weight excluding hydrogens is 796 g/mol. The maximum absolute atomic E-state index is 14.4. The van der Waals surface area contributed by atoms with Gasteiger partial charge in [-0.25, -0.2) is 0 Å². The van der Waals surface area contributed by atoms with Gasteiger partial charge in [-0.05, 0) is 31.6 Å². The third-order valence-corrected chi connectivity index (χ3v) is 12.0. The van der Waals surface area contributed by atoms with E-state index in [9.17, 15) is 39.9 Å². The summed E-state index contributed by atoms with van der Waals surface area (Å²) in [6, 6.07) is 7.11. The summed E-state index contributed by atoms with van der Waals surface area (Å²) >= 11 is 6.39. The molecule has 1 amide bonds. The Hall–Kier alpha value is -5.12. The molecule has 5 bridgehead atoms. The van der Waals surface area contributed by atoms with E-state index < -0.39 is 88.8 Å². The van der Waals surface area contributed by atoms with Gasteiger partial charge in [0.15, 0.2) is 5.75 Å². The molecule has 9 atom stereocenters. The SMILES string of the molecule is CO[C@H]1C=CO[C@@]2(C)Oc3c(C)c(O)c4c(O)c(c(CNCc5ccccc5Cl)c(O)c4c3C2=O)NC(=O)/C(C)=C\C=C/[C@H](C)[C@H](O)[C@@H](C)[C@@H](O)[C@@H](C)[C@H](OC(C)=O)[C@@H]1C. The van der Waals surface area contributed by atoms with Gasteiger partial charge in [0.05, 0.1) is 41.2 Å². The van der Waals surface area contributed by atoms with Crippen LogP contribution in [-0.2, 0) is 36.9 Å². The van der Waals surface area contributed by atoms with Crippen molar-refractivity contribution < 1.29 is 58.9 Å². The Kier molecular flexibility index (Phi) is 14.3.